The molecule has 35 heavy (non-hydrogen) atoms. The minimum atomic E-state index is -2.22. The molecule has 0 saturated heterocycles. The van der Waals surface area contributed by atoms with Crippen molar-refractivity contribution in [2.45, 2.75) is 63.4 Å². The molecule has 1 aliphatic carbocycles. The summed E-state index contributed by atoms with van der Waals surface area (Å²) in [5.41, 5.74) is 0.664. The van der Waals surface area contributed by atoms with E-state index in [0.29, 0.717) is 36.6 Å². The summed E-state index contributed by atoms with van der Waals surface area (Å²) in [6, 6.07) is 2.58. The smallest absolute Gasteiger partial charge is 0.343 e. The molecule has 4 unspecified atom stereocenters. The lowest BCUT2D eigenvalue weighted by molar-refractivity contribution is -0.168. The lowest BCUT2D eigenvalue weighted by atomic mass is 10.1. The number of fused-ring (bicyclic) bond motifs is 1. The molecule has 1 aromatic heterocycles. The Kier molecular flexibility index (Phi) is 7.45. The Hall–Kier alpha value is -2.93. The Morgan fingerprint density at radius 2 is 1.80 bits per heavy atom. The molecule has 0 radical (unpaired) electrons. The number of ether oxygens (including phenoxy) is 3. The fourth-order valence-corrected chi connectivity index (χ4v) is 4.41. The van der Waals surface area contributed by atoms with Crippen molar-refractivity contribution < 1.29 is 47.2 Å². The van der Waals surface area contributed by atoms with Gasteiger partial charge < -0.3 is 34.3 Å². The third-order valence-corrected chi connectivity index (χ3v) is 6.08. The van der Waals surface area contributed by atoms with Gasteiger partial charge in [0, 0.05) is 31.3 Å². The third-order valence-electron chi connectivity index (χ3n) is 6.08. The second-order valence-corrected chi connectivity index (χ2v) is 8.50. The molecule has 4 rings (SSSR count). The van der Waals surface area contributed by atoms with E-state index in [1.807, 2.05) is 0 Å². The van der Waals surface area contributed by atoms with Crippen molar-refractivity contribution in [3.63, 3.8) is 0 Å². The van der Waals surface area contributed by atoms with Crippen LogP contribution in [0.2, 0.25) is 0 Å². The number of aliphatic hydroxyl groups excluding tert-OH is 2. The van der Waals surface area contributed by atoms with Gasteiger partial charge in [0.25, 0.3) is 0 Å². The maximum atomic E-state index is 14.1. The predicted molar refractivity (Wildman–Crippen MR) is 113 cm³/mol. The number of hydrogen-bond acceptors (Lipinski definition) is 8. The van der Waals surface area contributed by atoms with Gasteiger partial charge in [-0.2, -0.15) is 0 Å². The van der Waals surface area contributed by atoms with Crippen LogP contribution in [0.15, 0.2) is 18.2 Å². The zero-order valence-electron chi connectivity index (χ0n) is 18.8. The van der Waals surface area contributed by atoms with Crippen LogP contribution in [0.5, 0.6) is 5.75 Å². The minimum Gasteiger partial charge on any atom is -0.457 e. The van der Waals surface area contributed by atoms with Crippen molar-refractivity contribution in [2.75, 3.05) is 7.11 Å². The first-order valence-corrected chi connectivity index (χ1v) is 11.0. The van der Waals surface area contributed by atoms with Crippen LogP contribution in [0.3, 0.4) is 0 Å². The normalized spacial score (nSPS) is 24.9. The van der Waals surface area contributed by atoms with E-state index in [0.717, 1.165) is 12.1 Å². The van der Waals surface area contributed by atoms with Crippen molar-refractivity contribution in [1.82, 2.24) is 9.88 Å². The molecule has 190 valence electrons. The van der Waals surface area contributed by atoms with Crippen molar-refractivity contribution in [3.8, 4) is 11.4 Å². The molecule has 4 atom stereocenters. The summed E-state index contributed by atoms with van der Waals surface area (Å²) in [4.78, 5) is 24.7. The maximum absolute atomic E-state index is 14.1. The van der Waals surface area contributed by atoms with Crippen LogP contribution in [-0.4, -0.2) is 58.3 Å². The summed E-state index contributed by atoms with van der Waals surface area (Å²) < 4.78 is 59.1. The number of aliphatic hydroxyl groups is 2. The molecule has 1 saturated carbocycles. The summed E-state index contributed by atoms with van der Waals surface area (Å²) in [7, 11) is 1.39. The maximum Gasteiger partial charge on any atom is 0.343 e. The highest BCUT2D eigenvalue weighted by atomic mass is 19.1. The number of nitrogens with zero attached hydrogens (tertiary/aromatic N) is 1. The van der Waals surface area contributed by atoms with Gasteiger partial charge in [0.15, 0.2) is 18.0 Å². The van der Waals surface area contributed by atoms with Crippen LogP contribution < -0.4 is 10.1 Å². The number of methoxy groups -OCH3 is 1. The quantitative estimate of drug-likeness (QED) is 0.514. The monoisotopic (exact) mass is 498 g/mol. The lowest BCUT2D eigenvalue weighted by Crippen LogP contribution is -2.42. The zero-order valence-corrected chi connectivity index (χ0v) is 18.8. The van der Waals surface area contributed by atoms with Gasteiger partial charge in [-0.15, -0.1) is 0 Å². The Labute approximate surface area is 198 Å². The largest absolute Gasteiger partial charge is 0.457 e. The second-order valence-electron chi connectivity index (χ2n) is 8.50. The number of nitrogens with one attached hydrogen (secondary N) is 1. The first-order valence-electron chi connectivity index (χ1n) is 11.0. The van der Waals surface area contributed by atoms with Gasteiger partial charge in [-0.3, -0.25) is 0 Å². The van der Waals surface area contributed by atoms with Crippen molar-refractivity contribution >= 4 is 11.9 Å². The average molecular weight is 498 g/mol. The summed E-state index contributed by atoms with van der Waals surface area (Å²) in [6.07, 6.45) is -4.08. The first-order chi connectivity index (χ1) is 16.7. The van der Waals surface area contributed by atoms with E-state index in [1.54, 1.807) is 0 Å². The van der Waals surface area contributed by atoms with Crippen LogP contribution >= 0.6 is 0 Å². The van der Waals surface area contributed by atoms with Crippen molar-refractivity contribution in [2.24, 2.45) is 0 Å². The van der Waals surface area contributed by atoms with Crippen LogP contribution in [0, 0.1) is 11.6 Å². The molecule has 2 aliphatic rings. The second kappa shape index (κ2) is 10.4. The summed E-state index contributed by atoms with van der Waals surface area (Å²) >= 11 is 0. The molecular formula is C23H25F3N2O7. The highest BCUT2D eigenvalue weighted by molar-refractivity contribution is 5.87. The minimum absolute atomic E-state index is 0.00539. The highest BCUT2D eigenvalue weighted by Gasteiger charge is 2.38. The Balaban J connectivity index is 1.87. The molecule has 1 fully saturated rings. The number of esters is 2. The molecule has 12 heteroatoms. The van der Waals surface area contributed by atoms with E-state index in [1.165, 1.54) is 11.7 Å². The van der Waals surface area contributed by atoms with Gasteiger partial charge in [-0.1, -0.05) is 0 Å². The molecule has 1 aromatic carbocycles. The van der Waals surface area contributed by atoms with E-state index in [2.05, 4.69) is 5.32 Å². The molecule has 0 spiro atoms. The van der Waals surface area contributed by atoms with Crippen LogP contribution in [0.4, 0.5) is 13.2 Å². The molecule has 2 aromatic rings. The van der Waals surface area contributed by atoms with E-state index in [4.69, 9.17) is 14.2 Å². The number of rotatable bonds is 6. The Morgan fingerprint density at radius 1 is 1.11 bits per heavy atom. The molecule has 0 amide bonds. The number of hydrogen-bond donors (Lipinski definition) is 3. The van der Waals surface area contributed by atoms with Crippen molar-refractivity contribution in [1.29, 1.82) is 0 Å². The van der Waals surface area contributed by atoms with E-state index >= 15 is 0 Å². The standard InChI is InChI=1S/C23H25F3N2O7/c1-33-9-17-16(8-27-14-3-2-11(24)5-14)21-18(28(17)15-6-12(25)4-13(26)7-15)10-34-22(31)19(29)20(30)23(32)35-21/h4,6-7,11,14,19-20,27,29-30H,2-3,5,8-10H2,1H3. The summed E-state index contributed by atoms with van der Waals surface area (Å²) in [5, 5.41) is 23.1. The van der Waals surface area contributed by atoms with Crippen LogP contribution in [-0.2, 0) is 38.8 Å². The van der Waals surface area contributed by atoms with Gasteiger partial charge >= 0.3 is 11.9 Å². The SMILES string of the molecule is COCc1c(CNC2CCC(F)C2)c2c(n1-c1cc(F)cc(F)c1)COC(=O)C(O)C(O)C(=O)O2. The van der Waals surface area contributed by atoms with E-state index < -0.39 is 48.6 Å². The Bertz CT molecular complexity index is 1100. The van der Waals surface area contributed by atoms with Gasteiger partial charge in [0.2, 0.25) is 0 Å². The number of alkyl halides is 1. The number of benzene rings is 1. The number of carbonyl (C=O) groups excluding carboxylic acids is 2. The zero-order chi connectivity index (χ0) is 25.3. The van der Waals surface area contributed by atoms with Gasteiger partial charge in [-0.25, -0.2) is 22.8 Å². The van der Waals surface area contributed by atoms with E-state index in [9.17, 15) is 33.0 Å². The average Bonchev–Trinajstić information content (AvgIpc) is 3.35. The Morgan fingerprint density at radius 3 is 2.43 bits per heavy atom. The number of carbonyl (C=O) groups is 2. The lowest BCUT2D eigenvalue weighted by Gasteiger charge is -2.17. The fraction of sp³-hybridized carbons (Fsp3) is 0.478. The fourth-order valence-electron chi connectivity index (χ4n) is 4.41. The highest BCUT2D eigenvalue weighted by Crippen LogP contribution is 2.37. The topological polar surface area (TPSA) is 119 Å². The number of cyclic esters (lactones) is 1. The molecule has 2 heterocycles. The molecule has 1 aliphatic heterocycles. The van der Waals surface area contributed by atoms with Crippen LogP contribution in [0.25, 0.3) is 5.69 Å². The van der Waals surface area contributed by atoms with Gasteiger partial charge in [0.05, 0.1) is 18.0 Å². The van der Waals surface area contributed by atoms with Gasteiger partial charge in [0.1, 0.15) is 30.1 Å². The summed E-state index contributed by atoms with van der Waals surface area (Å²) in [6.45, 7) is -0.617. The number of aromatic nitrogens is 1. The van der Waals surface area contributed by atoms with Crippen LogP contribution in [0.1, 0.15) is 36.2 Å². The third kappa shape index (κ3) is 5.20. The molecule has 0 bridgehead atoms. The van der Waals surface area contributed by atoms with E-state index in [-0.39, 0.29) is 36.3 Å². The molecule has 3 N–H and O–H groups in total. The first kappa shape index (κ1) is 25.2. The molecular weight excluding hydrogens is 473 g/mol. The predicted octanol–water partition coefficient (Wildman–Crippen LogP) is 1.57. The molecule has 9 nitrogen and oxygen atoms in total. The van der Waals surface area contributed by atoms with Gasteiger partial charge in [-0.05, 0) is 31.4 Å². The summed E-state index contributed by atoms with van der Waals surface area (Å²) in [5.74, 6) is -4.50. The van der Waals surface area contributed by atoms with Crippen molar-refractivity contribution in [3.05, 3.63) is 46.8 Å². The number of halogens is 3.